The SMILES string of the molecule is CCS(=O)(=O)OC1(C)COC(C)(C)OC1. The summed E-state index contributed by atoms with van der Waals surface area (Å²) in [6, 6.07) is 0. The van der Waals surface area contributed by atoms with Gasteiger partial charge < -0.3 is 9.47 Å². The van der Waals surface area contributed by atoms with Crippen LogP contribution in [0.4, 0.5) is 0 Å². The molecule has 0 aromatic heterocycles. The van der Waals surface area contributed by atoms with Crippen LogP contribution in [0.5, 0.6) is 0 Å². The molecule has 1 saturated heterocycles. The first-order chi connectivity index (χ1) is 6.68. The summed E-state index contributed by atoms with van der Waals surface area (Å²) < 4.78 is 38.4. The number of hydrogen-bond donors (Lipinski definition) is 0. The van der Waals surface area contributed by atoms with E-state index in [1.807, 2.05) is 0 Å². The molecule has 0 radical (unpaired) electrons. The summed E-state index contributed by atoms with van der Waals surface area (Å²) in [5.74, 6) is -0.717. The van der Waals surface area contributed by atoms with E-state index in [-0.39, 0.29) is 19.0 Å². The van der Waals surface area contributed by atoms with Crippen LogP contribution in [0.1, 0.15) is 27.7 Å². The van der Waals surface area contributed by atoms with E-state index in [1.165, 1.54) is 6.92 Å². The average Bonchev–Trinajstić information content (AvgIpc) is 2.11. The van der Waals surface area contributed by atoms with Crippen LogP contribution in [0.3, 0.4) is 0 Å². The lowest BCUT2D eigenvalue weighted by Gasteiger charge is -2.40. The molecule has 1 fully saturated rings. The van der Waals surface area contributed by atoms with Gasteiger partial charge in [-0.1, -0.05) is 0 Å². The highest BCUT2D eigenvalue weighted by atomic mass is 32.2. The molecule has 1 heterocycles. The topological polar surface area (TPSA) is 61.8 Å². The molecule has 0 aromatic rings. The Bertz CT molecular complexity index is 309. The lowest BCUT2D eigenvalue weighted by Crippen LogP contribution is -2.51. The minimum Gasteiger partial charge on any atom is -0.347 e. The van der Waals surface area contributed by atoms with Crippen LogP contribution >= 0.6 is 0 Å². The smallest absolute Gasteiger partial charge is 0.267 e. The van der Waals surface area contributed by atoms with E-state index in [1.54, 1.807) is 20.8 Å². The third-order valence-corrected chi connectivity index (χ3v) is 3.50. The van der Waals surface area contributed by atoms with Crippen molar-refractivity contribution in [2.45, 2.75) is 39.1 Å². The van der Waals surface area contributed by atoms with Gasteiger partial charge in [0.05, 0.1) is 19.0 Å². The van der Waals surface area contributed by atoms with Gasteiger partial charge in [-0.15, -0.1) is 0 Å². The van der Waals surface area contributed by atoms with Crippen molar-refractivity contribution < 1.29 is 22.1 Å². The molecule has 0 amide bonds. The molecule has 1 aliphatic heterocycles. The highest BCUT2D eigenvalue weighted by Crippen LogP contribution is 2.27. The molecule has 6 heteroatoms. The largest absolute Gasteiger partial charge is 0.347 e. The fourth-order valence-corrected chi connectivity index (χ4v) is 1.98. The predicted octanol–water partition coefficient (Wildman–Crippen LogP) is 0.894. The van der Waals surface area contributed by atoms with Gasteiger partial charge in [0.1, 0.15) is 5.60 Å². The van der Waals surface area contributed by atoms with Gasteiger partial charge in [-0.2, -0.15) is 8.42 Å². The Hall–Kier alpha value is -0.170. The van der Waals surface area contributed by atoms with Crippen molar-refractivity contribution in [2.75, 3.05) is 19.0 Å². The van der Waals surface area contributed by atoms with Crippen LogP contribution in [-0.2, 0) is 23.8 Å². The van der Waals surface area contributed by atoms with Gasteiger partial charge in [0.2, 0.25) is 0 Å². The van der Waals surface area contributed by atoms with E-state index in [0.717, 1.165) is 0 Å². The number of rotatable bonds is 3. The van der Waals surface area contributed by atoms with Gasteiger partial charge in [0.25, 0.3) is 10.1 Å². The van der Waals surface area contributed by atoms with Gasteiger partial charge in [-0.05, 0) is 27.7 Å². The van der Waals surface area contributed by atoms with Crippen molar-refractivity contribution in [2.24, 2.45) is 0 Å². The number of ether oxygens (including phenoxy) is 2. The summed E-state index contributed by atoms with van der Waals surface area (Å²) in [6.45, 7) is 7.17. The van der Waals surface area contributed by atoms with Crippen LogP contribution in [0.2, 0.25) is 0 Å². The van der Waals surface area contributed by atoms with Crippen molar-refractivity contribution in [1.29, 1.82) is 0 Å². The zero-order valence-corrected chi connectivity index (χ0v) is 10.4. The third kappa shape index (κ3) is 3.71. The second kappa shape index (κ2) is 4.01. The fourth-order valence-electron chi connectivity index (χ4n) is 1.15. The first-order valence-corrected chi connectivity index (χ1v) is 6.47. The Morgan fingerprint density at radius 3 is 2.07 bits per heavy atom. The van der Waals surface area contributed by atoms with E-state index in [4.69, 9.17) is 13.7 Å². The lowest BCUT2D eigenvalue weighted by molar-refractivity contribution is -0.291. The van der Waals surface area contributed by atoms with E-state index in [2.05, 4.69) is 0 Å². The third-order valence-electron chi connectivity index (χ3n) is 2.13. The van der Waals surface area contributed by atoms with E-state index < -0.39 is 21.5 Å². The summed E-state index contributed by atoms with van der Waals surface area (Å²) in [7, 11) is -3.47. The predicted molar refractivity (Wildman–Crippen MR) is 54.9 cm³/mol. The van der Waals surface area contributed by atoms with Crippen molar-refractivity contribution in [3.05, 3.63) is 0 Å². The van der Waals surface area contributed by atoms with E-state index in [0.29, 0.717) is 0 Å². The molecule has 0 N–H and O–H groups in total. The van der Waals surface area contributed by atoms with Gasteiger partial charge >= 0.3 is 0 Å². The molecular formula is C9H18O5S. The van der Waals surface area contributed by atoms with Crippen molar-refractivity contribution >= 4 is 10.1 Å². The summed E-state index contributed by atoms with van der Waals surface area (Å²) in [6.07, 6.45) is 0. The average molecular weight is 238 g/mol. The van der Waals surface area contributed by atoms with Gasteiger partial charge in [0, 0.05) is 0 Å². The van der Waals surface area contributed by atoms with Crippen LogP contribution in [0.25, 0.3) is 0 Å². The van der Waals surface area contributed by atoms with Gasteiger partial charge in [-0.3, -0.25) is 4.18 Å². The first kappa shape index (κ1) is 12.9. The Kier molecular flexibility index (Phi) is 3.45. The molecule has 0 aromatic carbocycles. The minimum absolute atomic E-state index is 0.0496. The minimum atomic E-state index is -3.47. The Morgan fingerprint density at radius 1 is 1.20 bits per heavy atom. The summed E-state index contributed by atoms with van der Waals surface area (Å²) in [4.78, 5) is 0. The molecule has 0 unspecified atom stereocenters. The molecule has 0 saturated carbocycles. The van der Waals surface area contributed by atoms with Crippen LogP contribution < -0.4 is 0 Å². The second-order valence-corrected chi connectivity index (χ2v) is 6.22. The normalized spacial score (nSPS) is 25.1. The molecule has 1 aliphatic rings. The highest BCUT2D eigenvalue weighted by molar-refractivity contribution is 7.86. The fraction of sp³-hybridized carbons (Fsp3) is 1.00. The number of hydrogen-bond acceptors (Lipinski definition) is 5. The maximum Gasteiger partial charge on any atom is 0.267 e. The molecule has 0 aliphatic carbocycles. The molecule has 0 atom stereocenters. The monoisotopic (exact) mass is 238 g/mol. The molecule has 0 spiro atoms. The molecule has 5 nitrogen and oxygen atoms in total. The zero-order chi connectivity index (χ0) is 11.7. The lowest BCUT2D eigenvalue weighted by atomic mass is 10.1. The molecule has 0 bridgehead atoms. The summed E-state index contributed by atoms with van der Waals surface area (Å²) >= 11 is 0. The van der Waals surface area contributed by atoms with Crippen LogP contribution in [0.15, 0.2) is 0 Å². The van der Waals surface area contributed by atoms with E-state index >= 15 is 0 Å². The van der Waals surface area contributed by atoms with Crippen molar-refractivity contribution in [1.82, 2.24) is 0 Å². The summed E-state index contributed by atoms with van der Waals surface area (Å²) in [5.41, 5.74) is -0.912. The quantitative estimate of drug-likeness (QED) is 0.683. The maximum atomic E-state index is 11.3. The van der Waals surface area contributed by atoms with Crippen LogP contribution in [-0.4, -0.2) is 38.8 Å². The van der Waals surface area contributed by atoms with Crippen molar-refractivity contribution in [3.63, 3.8) is 0 Å². The van der Waals surface area contributed by atoms with E-state index in [9.17, 15) is 8.42 Å². The van der Waals surface area contributed by atoms with Gasteiger partial charge in [-0.25, -0.2) is 0 Å². The molecule has 90 valence electrons. The summed E-state index contributed by atoms with van der Waals surface area (Å²) in [5, 5.41) is 0. The van der Waals surface area contributed by atoms with Crippen LogP contribution in [0, 0.1) is 0 Å². The molecule has 15 heavy (non-hydrogen) atoms. The Labute approximate surface area is 90.8 Å². The van der Waals surface area contributed by atoms with Crippen molar-refractivity contribution in [3.8, 4) is 0 Å². The first-order valence-electron chi connectivity index (χ1n) is 4.89. The second-order valence-electron chi connectivity index (χ2n) is 4.36. The maximum absolute atomic E-state index is 11.3. The molecule has 1 rings (SSSR count). The molecular weight excluding hydrogens is 220 g/mol. The standard InChI is InChI=1S/C9H18O5S/c1-5-15(10,11)14-9(4)6-12-8(2,3)13-7-9/h5-7H2,1-4H3. The zero-order valence-electron chi connectivity index (χ0n) is 9.57. The Morgan fingerprint density at radius 2 is 1.67 bits per heavy atom. The Balaban J connectivity index is 2.64. The highest BCUT2D eigenvalue weighted by Gasteiger charge is 2.40. The van der Waals surface area contributed by atoms with Gasteiger partial charge in [0.15, 0.2) is 5.79 Å².